The lowest BCUT2D eigenvalue weighted by Crippen LogP contribution is -2.59. The van der Waals surface area contributed by atoms with Gasteiger partial charge >= 0.3 is 0 Å². The second-order valence-corrected chi connectivity index (χ2v) is 6.13. The van der Waals surface area contributed by atoms with Crippen LogP contribution in [-0.4, -0.2) is 52.3 Å². The van der Waals surface area contributed by atoms with Crippen molar-refractivity contribution in [3.05, 3.63) is 11.4 Å². The first-order chi connectivity index (χ1) is 9.31. The fourth-order valence-electron chi connectivity index (χ4n) is 2.62. The SMILES string of the molecule is Cc1nn(C)c(C)c1NC(=O)CN1CCNCC1(C)C. The molecule has 6 heteroatoms. The van der Waals surface area contributed by atoms with Gasteiger partial charge in [0, 0.05) is 32.2 Å². The molecule has 1 aliphatic rings. The van der Waals surface area contributed by atoms with Crippen molar-refractivity contribution in [2.24, 2.45) is 7.05 Å². The van der Waals surface area contributed by atoms with E-state index in [1.165, 1.54) is 0 Å². The molecule has 0 aromatic carbocycles. The molecule has 0 bridgehead atoms. The maximum Gasteiger partial charge on any atom is 0.238 e. The maximum absolute atomic E-state index is 12.3. The first-order valence-corrected chi connectivity index (χ1v) is 7.07. The minimum atomic E-state index is 0.00855. The van der Waals surface area contributed by atoms with E-state index < -0.39 is 0 Å². The van der Waals surface area contributed by atoms with Gasteiger partial charge in [0.15, 0.2) is 0 Å². The number of hydrogen-bond donors (Lipinski definition) is 2. The Kier molecular flexibility index (Phi) is 4.15. The van der Waals surface area contributed by atoms with Gasteiger partial charge in [0.25, 0.3) is 0 Å². The van der Waals surface area contributed by atoms with Crippen molar-refractivity contribution in [1.82, 2.24) is 20.0 Å². The Morgan fingerprint density at radius 2 is 2.15 bits per heavy atom. The highest BCUT2D eigenvalue weighted by Crippen LogP contribution is 2.19. The summed E-state index contributed by atoms with van der Waals surface area (Å²) >= 11 is 0. The van der Waals surface area contributed by atoms with E-state index in [0.29, 0.717) is 6.54 Å². The first-order valence-electron chi connectivity index (χ1n) is 7.07. The number of amides is 1. The number of nitrogens with zero attached hydrogens (tertiary/aromatic N) is 3. The highest BCUT2D eigenvalue weighted by atomic mass is 16.2. The van der Waals surface area contributed by atoms with E-state index in [1.807, 2.05) is 20.9 Å². The van der Waals surface area contributed by atoms with E-state index in [0.717, 1.165) is 36.7 Å². The summed E-state index contributed by atoms with van der Waals surface area (Å²) in [5, 5.41) is 10.7. The van der Waals surface area contributed by atoms with E-state index in [4.69, 9.17) is 0 Å². The molecule has 0 radical (unpaired) electrons. The third-order valence-corrected chi connectivity index (χ3v) is 4.08. The van der Waals surface area contributed by atoms with Gasteiger partial charge in [-0.05, 0) is 27.7 Å². The summed E-state index contributed by atoms with van der Waals surface area (Å²) in [6.45, 7) is 11.3. The molecular formula is C14H25N5O. The molecule has 0 aliphatic carbocycles. The lowest BCUT2D eigenvalue weighted by Gasteiger charge is -2.42. The number of piperazine rings is 1. The van der Waals surface area contributed by atoms with Crippen molar-refractivity contribution in [1.29, 1.82) is 0 Å². The summed E-state index contributed by atoms with van der Waals surface area (Å²) in [5.74, 6) is 0.0270. The van der Waals surface area contributed by atoms with Gasteiger partial charge < -0.3 is 10.6 Å². The van der Waals surface area contributed by atoms with Crippen LogP contribution in [0, 0.1) is 13.8 Å². The summed E-state index contributed by atoms with van der Waals surface area (Å²) in [7, 11) is 1.89. The van der Waals surface area contributed by atoms with Gasteiger partial charge in [-0.15, -0.1) is 0 Å². The zero-order valence-corrected chi connectivity index (χ0v) is 13.1. The summed E-state index contributed by atoms with van der Waals surface area (Å²) in [6.07, 6.45) is 0. The van der Waals surface area contributed by atoms with Crippen LogP contribution in [0.5, 0.6) is 0 Å². The molecule has 1 fully saturated rings. The average molecular weight is 279 g/mol. The Labute approximate surface area is 120 Å². The summed E-state index contributed by atoms with van der Waals surface area (Å²) < 4.78 is 1.79. The summed E-state index contributed by atoms with van der Waals surface area (Å²) in [4.78, 5) is 14.5. The number of nitrogens with one attached hydrogen (secondary N) is 2. The molecule has 20 heavy (non-hydrogen) atoms. The average Bonchev–Trinajstić information content (AvgIpc) is 2.59. The molecule has 0 unspecified atom stereocenters. The molecule has 0 saturated carbocycles. The molecule has 1 aromatic rings. The van der Waals surface area contributed by atoms with Gasteiger partial charge in [-0.3, -0.25) is 14.4 Å². The highest BCUT2D eigenvalue weighted by molar-refractivity contribution is 5.93. The molecule has 0 spiro atoms. The van der Waals surface area contributed by atoms with Gasteiger partial charge in [-0.25, -0.2) is 0 Å². The van der Waals surface area contributed by atoms with Crippen LogP contribution in [0.1, 0.15) is 25.2 Å². The quantitative estimate of drug-likeness (QED) is 0.853. The van der Waals surface area contributed by atoms with Crippen LogP contribution in [0.25, 0.3) is 0 Å². The Morgan fingerprint density at radius 3 is 2.70 bits per heavy atom. The number of rotatable bonds is 3. The topological polar surface area (TPSA) is 62.2 Å². The van der Waals surface area contributed by atoms with Crippen molar-refractivity contribution < 1.29 is 4.79 Å². The zero-order chi connectivity index (χ0) is 14.9. The molecule has 112 valence electrons. The molecular weight excluding hydrogens is 254 g/mol. The van der Waals surface area contributed by atoms with E-state index in [9.17, 15) is 4.79 Å². The largest absolute Gasteiger partial charge is 0.322 e. The maximum atomic E-state index is 12.3. The first kappa shape index (κ1) is 15.0. The Hall–Kier alpha value is -1.40. The molecule has 2 rings (SSSR count). The van der Waals surface area contributed by atoms with E-state index in [2.05, 4.69) is 34.5 Å². The number of aromatic nitrogens is 2. The third kappa shape index (κ3) is 3.02. The summed E-state index contributed by atoms with van der Waals surface area (Å²) in [5.41, 5.74) is 2.69. The van der Waals surface area contributed by atoms with E-state index >= 15 is 0 Å². The molecule has 1 amide bonds. The van der Waals surface area contributed by atoms with Crippen LogP contribution in [0.3, 0.4) is 0 Å². The minimum Gasteiger partial charge on any atom is -0.322 e. The monoisotopic (exact) mass is 279 g/mol. The number of carbonyl (C=O) groups is 1. The van der Waals surface area contributed by atoms with Crippen molar-refractivity contribution in [3.63, 3.8) is 0 Å². The van der Waals surface area contributed by atoms with Gasteiger partial charge in [0.1, 0.15) is 0 Å². The van der Waals surface area contributed by atoms with Gasteiger partial charge in [0.2, 0.25) is 5.91 Å². The van der Waals surface area contributed by atoms with Crippen molar-refractivity contribution >= 4 is 11.6 Å². The highest BCUT2D eigenvalue weighted by Gasteiger charge is 2.31. The van der Waals surface area contributed by atoms with Crippen LogP contribution in [0.4, 0.5) is 5.69 Å². The Morgan fingerprint density at radius 1 is 1.45 bits per heavy atom. The predicted octanol–water partition coefficient (Wildman–Crippen LogP) is 0.659. The van der Waals surface area contributed by atoms with Crippen molar-refractivity contribution in [2.45, 2.75) is 33.2 Å². The van der Waals surface area contributed by atoms with Crippen LogP contribution >= 0.6 is 0 Å². The van der Waals surface area contributed by atoms with Crippen LogP contribution in [0.2, 0.25) is 0 Å². The number of hydrogen-bond acceptors (Lipinski definition) is 4. The third-order valence-electron chi connectivity index (χ3n) is 4.08. The van der Waals surface area contributed by atoms with Crippen LogP contribution < -0.4 is 10.6 Å². The Bertz CT molecular complexity index is 506. The minimum absolute atomic E-state index is 0.00855. The molecule has 0 atom stereocenters. The number of carbonyl (C=O) groups excluding carboxylic acids is 1. The standard InChI is InChI=1S/C14H25N5O/c1-10-13(11(2)18(5)17-10)16-12(20)8-19-7-6-15-9-14(19,3)4/h15H,6-9H2,1-5H3,(H,16,20). The van der Waals surface area contributed by atoms with Gasteiger partial charge in [0.05, 0.1) is 23.6 Å². The lowest BCUT2D eigenvalue weighted by atomic mass is 10.0. The van der Waals surface area contributed by atoms with E-state index in [-0.39, 0.29) is 11.4 Å². The molecule has 1 aliphatic heterocycles. The van der Waals surface area contributed by atoms with Gasteiger partial charge in [-0.2, -0.15) is 5.10 Å². The van der Waals surface area contributed by atoms with E-state index in [1.54, 1.807) is 4.68 Å². The smallest absolute Gasteiger partial charge is 0.238 e. The van der Waals surface area contributed by atoms with Crippen molar-refractivity contribution in [2.75, 3.05) is 31.5 Å². The molecule has 1 aromatic heterocycles. The zero-order valence-electron chi connectivity index (χ0n) is 13.1. The fourth-order valence-corrected chi connectivity index (χ4v) is 2.62. The molecule has 2 N–H and O–H groups in total. The lowest BCUT2D eigenvalue weighted by molar-refractivity contribution is -0.119. The second kappa shape index (κ2) is 5.54. The molecule has 2 heterocycles. The fraction of sp³-hybridized carbons (Fsp3) is 0.714. The summed E-state index contributed by atoms with van der Waals surface area (Å²) in [6, 6.07) is 0. The predicted molar refractivity (Wildman–Crippen MR) is 79.8 cm³/mol. The number of anilines is 1. The second-order valence-electron chi connectivity index (χ2n) is 6.13. The van der Waals surface area contributed by atoms with Gasteiger partial charge in [-0.1, -0.05) is 0 Å². The number of aryl methyl sites for hydroxylation is 2. The normalized spacial score (nSPS) is 19.1. The Balaban J connectivity index is 2.02. The van der Waals surface area contributed by atoms with Crippen LogP contribution in [0.15, 0.2) is 0 Å². The van der Waals surface area contributed by atoms with Crippen molar-refractivity contribution in [3.8, 4) is 0 Å². The molecule has 6 nitrogen and oxygen atoms in total. The molecule has 1 saturated heterocycles. The van der Waals surface area contributed by atoms with Crippen LogP contribution in [-0.2, 0) is 11.8 Å².